The highest BCUT2D eigenvalue weighted by Crippen LogP contribution is 2.58. The summed E-state index contributed by atoms with van der Waals surface area (Å²) in [5.74, 6) is 0.886. The highest BCUT2D eigenvalue weighted by molar-refractivity contribution is 5.18. The molecule has 2 heterocycles. The number of ether oxygens (including phenoxy) is 2. The van der Waals surface area contributed by atoms with Crippen molar-refractivity contribution in [2.75, 3.05) is 19.8 Å². The average molecular weight is 249 g/mol. The Balaban J connectivity index is 1.79. The van der Waals surface area contributed by atoms with Crippen LogP contribution in [-0.4, -0.2) is 31.6 Å². The van der Waals surface area contributed by atoms with Crippen LogP contribution in [0.3, 0.4) is 0 Å². The zero-order chi connectivity index (χ0) is 12.2. The van der Waals surface area contributed by atoms with Gasteiger partial charge in [-0.2, -0.15) is 0 Å². The number of hydrogen-bond acceptors (Lipinski definition) is 3. The van der Waals surface area contributed by atoms with Gasteiger partial charge in [-0.25, -0.2) is 0 Å². The Morgan fingerprint density at radius 3 is 2.89 bits per heavy atom. The first-order valence-electron chi connectivity index (χ1n) is 7.44. The number of hydrogen-bond donors (Lipinski definition) is 1. The van der Waals surface area contributed by atoms with Gasteiger partial charge in [-0.1, -0.05) is 19.1 Å². The highest BCUT2D eigenvalue weighted by Gasteiger charge is 2.62. The predicted molar refractivity (Wildman–Crippen MR) is 69.1 cm³/mol. The van der Waals surface area contributed by atoms with Gasteiger partial charge in [-0.3, -0.25) is 0 Å². The van der Waals surface area contributed by atoms with E-state index in [1.165, 1.54) is 25.8 Å². The molecule has 0 amide bonds. The molecule has 3 heteroatoms. The second kappa shape index (κ2) is 3.81. The van der Waals surface area contributed by atoms with Gasteiger partial charge in [-0.15, -0.1) is 0 Å². The lowest BCUT2D eigenvalue weighted by Crippen LogP contribution is -2.57. The van der Waals surface area contributed by atoms with Crippen molar-refractivity contribution >= 4 is 0 Å². The van der Waals surface area contributed by atoms with Gasteiger partial charge < -0.3 is 14.8 Å². The van der Waals surface area contributed by atoms with Crippen LogP contribution in [0.1, 0.15) is 32.6 Å². The van der Waals surface area contributed by atoms with Crippen LogP contribution in [0.4, 0.5) is 0 Å². The lowest BCUT2D eigenvalue weighted by Gasteiger charge is -2.52. The third kappa shape index (κ3) is 1.30. The molecule has 4 rings (SSSR count). The average Bonchev–Trinajstić information content (AvgIpc) is 2.89. The summed E-state index contributed by atoms with van der Waals surface area (Å²) in [6, 6.07) is 0.647. The molecule has 4 aliphatic rings. The van der Waals surface area contributed by atoms with Crippen molar-refractivity contribution < 1.29 is 9.47 Å². The summed E-state index contributed by atoms with van der Waals surface area (Å²) in [4.78, 5) is 0. The second-order valence-electron chi connectivity index (χ2n) is 6.55. The normalized spacial score (nSPS) is 49.3. The van der Waals surface area contributed by atoms with E-state index in [4.69, 9.17) is 9.47 Å². The van der Waals surface area contributed by atoms with Crippen LogP contribution in [0.2, 0.25) is 0 Å². The van der Waals surface area contributed by atoms with E-state index < -0.39 is 0 Å². The van der Waals surface area contributed by atoms with Gasteiger partial charge in [0.1, 0.15) is 0 Å². The molecule has 1 saturated carbocycles. The summed E-state index contributed by atoms with van der Waals surface area (Å²) in [7, 11) is 0. The fraction of sp³-hybridized carbons (Fsp3) is 0.867. The van der Waals surface area contributed by atoms with Crippen LogP contribution in [0.15, 0.2) is 12.2 Å². The Morgan fingerprint density at radius 2 is 2.06 bits per heavy atom. The number of nitrogens with one attached hydrogen (secondary N) is 1. The van der Waals surface area contributed by atoms with E-state index in [9.17, 15) is 0 Å². The maximum atomic E-state index is 6.09. The molecular weight excluding hydrogens is 226 g/mol. The Morgan fingerprint density at radius 1 is 1.22 bits per heavy atom. The first-order chi connectivity index (χ1) is 8.76. The summed E-state index contributed by atoms with van der Waals surface area (Å²) >= 11 is 0. The SMILES string of the molecule is C[C@@]12C3C=CCC[C@@H]1CN[C@@H]2CCC31OCCO1. The number of rotatable bonds is 0. The van der Waals surface area contributed by atoms with E-state index in [0.29, 0.717) is 17.4 Å². The first kappa shape index (κ1) is 11.4. The summed E-state index contributed by atoms with van der Waals surface area (Å²) in [6.07, 6.45) is 9.53. The van der Waals surface area contributed by atoms with E-state index in [0.717, 1.165) is 25.6 Å². The fourth-order valence-electron chi connectivity index (χ4n) is 4.96. The van der Waals surface area contributed by atoms with E-state index in [1.807, 2.05) is 0 Å². The van der Waals surface area contributed by atoms with Crippen molar-refractivity contribution in [1.29, 1.82) is 0 Å². The predicted octanol–water partition coefficient (Wildman–Crippen LogP) is 2.08. The standard InChI is InChI=1S/C15H23NO2/c1-14-11-4-2-3-5-12(14)15(17-8-9-18-15)7-6-13(14)16-10-11/h3,5,11-13,16H,2,4,6-10H2,1H3/t11-,12?,13-,14+/m1/s1. The van der Waals surface area contributed by atoms with Crippen LogP contribution in [0.25, 0.3) is 0 Å². The van der Waals surface area contributed by atoms with E-state index >= 15 is 0 Å². The second-order valence-corrected chi connectivity index (χ2v) is 6.55. The van der Waals surface area contributed by atoms with Crippen molar-refractivity contribution in [3.8, 4) is 0 Å². The monoisotopic (exact) mass is 249 g/mol. The van der Waals surface area contributed by atoms with Crippen molar-refractivity contribution in [2.24, 2.45) is 17.3 Å². The molecule has 3 nitrogen and oxygen atoms in total. The molecular formula is C15H23NO2. The zero-order valence-electron chi connectivity index (χ0n) is 11.2. The summed E-state index contributed by atoms with van der Waals surface area (Å²) in [5.41, 5.74) is 0.315. The van der Waals surface area contributed by atoms with Crippen LogP contribution in [0, 0.1) is 17.3 Å². The smallest absolute Gasteiger partial charge is 0.175 e. The summed E-state index contributed by atoms with van der Waals surface area (Å²) in [6.45, 7) is 5.18. The van der Waals surface area contributed by atoms with Gasteiger partial charge >= 0.3 is 0 Å². The molecule has 18 heavy (non-hydrogen) atoms. The van der Waals surface area contributed by atoms with Gasteiger partial charge in [0.25, 0.3) is 0 Å². The van der Waals surface area contributed by atoms with Crippen LogP contribution >= 0.6 is 0 Å². The number of fused-ring (bicyclic) bond motifs is 1. The van der Waals surface area contributed by atoms with E-state index in [-0.39, 0.29) is 5.79 Å². The quantitative estimate of drug-likeness (QED) is 0.667. The third-order valence-corrected chi connectivity index (χ3v) is 5.95. The minimum absolute atomic E-state index is 0.309. The molecule has 3 fully saturated rings. The van der Waals surface area contributed by atoms with Gasteiger partial charge in [-0.05, 0) is 37.1 Å². The maximum Gasteiger partial charge on any atom is 0.175 e. The molecule has 0 bridgehead atoms. The van der Waals surface area contributed by atoms with E-state index in [1.54, 1.807) is 0 Å². The molecule has 0 aromatic rings. The lowest BCUT2D eigenvalue weighted by atomic mass is 9.58. The zero-order valence-corrected chi connectivity index (χ0v) is 11.2. The molecule has 4 atom stereocenters. The van der Waals surface area contributed by atoms with Crippen molar-refractivity contribution in [3.63, 3.8) is 0 Å². The highest BCUT2D eigenvalue weighted by atomic mass is 16.7. The van der Waals surface area contributed by atoms with Crippen LogP contribution < -0.4 is 5.32 Å². The largest absolute Gasteiger partial charge is 0.347 e. The molecule has 2 aliphatic carbocycles. The maximum absolute atomic E-state index is 6.09. The van der Waals surface area contributed by atoms with Gasteiger partial charge in [0.2, 0.25) is 0 Å². The summed E-state index contributed by atoms with van der Waals surface area (Å²) < 4.78 is 12.2. The molecule has 1 N–H and O–H groups in total. The van der Waals surface area contributed by atoms with Crippen molar-refractivity contribution in [3.05, 3.63) is 12.2 Å². The molecule has 2 aliphatic heterocycles. The first-order valence-corrected chi connectivity index (χ1v) is 7.44. The Labute approximate surface area is 109 Å². The lowest BCUT2D eigenvalue weighted by molar-refractivity contribution is -0.235. The minimum atomic E-state index is -0.309. The molecule has 0 aromatic carbocycles. The van der Waals surface area contributed by atoms with Gasteiger partial charge in [0.05, 0.1) is 13.2 Å². The summed E-state index contributed by atoms with van der Waals surface area (Å²) in [5, 5.41) is 3.76. The minimum Gasteiger partial charge on any atom is -0.347 e. The van der Waals surface area contributed by atoms with E-state index in [2.05, 4.69) is 24.4 Å². The van der Waals surface area contributed by atoms with Gasteiger partial charge in [0.15, 0.2) is 5.79 Å². The Bertz CT molecular complexity index is 375. The third-order valence-electron chi connectivity index (χ3n) is 5.95. The number of allylic oxidation sites excluding steroid dienone is 1. The Hall–Kier alpha value is -0.380. The molecule has 1 unspecified atom stereocenters. The molecule has 1 spiro atoms. The molecule has 0 radical (unpaired) electrons. The van der Waals surface area contributed by atoms with Crippen LogP contribution in [-0.2, 0) is 9.47 Å². The van der Waals surface area contributed by atoms with Crippen molar-refractivity contribution in [1.82, 2.24) is 5.32 Å². The topological polar surface area (TPSA) is 30.5 Å². The van der Waals surface area contributed by atoms with Gasteiger partial charge in [0, 0.05) is 18.4 Å². The molecule has 100 valence electrons. The fourth-order valence-corrected chi connectivity index (χ4v) is 4.96. The molecule has 0 aromatic heterocycles. The molecule has 2 saturated heterocycles. The van der Waals surface area contributed by atoms with Crippen molar-refractivity contribution in [2.45, 2.75) is 44.4 Å². The van der Waals surface area contributed by atoms with Crippen LogP contribution in [0.5, 0.6) is 0 Å². The Kier molecular flexibility index (Phi) is 2.42.